The van der Waals surface area contributed by atoms with Crippen LogP contribution in [0.15, 0.2) is 384 Å². The second-order valence-electron chi connectivity index (χ2n) is 28.4. The van der Waals surface area contributed by atoms with Crippen LogP contribution in [0.4, 0.5) is 0 Å². The van der Waals surface area contributed by atoms with Crippen molar-refractivity contribution in [3.05, 3.63) is 443 Å². The molecule has 0 aliphatic carbocycles. The van der Waals surface area contributed by atoms with E-state index in [9.17, 15) is 8.42 Å². The van der Waals surface area contributed by atoms with E-state index in [1.807, 2.05) is 310 Å². The fraction of sp³-hybridized carbons (Fsp3) is 0.274. The number of furan rings is 1. The van der Waals surface area contributed by atoms with E-state index in [1.165, 1.54) is 72.0 Å². The van der Waals surface area contributed by atoms with E-state index in [2.05, 4.69) is 165 Å². The molecule has 0 spiro atoms. The van der Waals surface area contributed by atoms with Gasteiger partial charge in [-0.2, -0.15) is 24.7 Å². The van der Waals surface area contributed by atoms with Crippen LogP contribution in [0.25, 0.3) is 5.65 Å². The first-order chi connectivity index (χ1) is 63.6. The number of hydrogen-bond acceptors (Lipinski definition) is 25. The molecule has 0 amide bonds. The highest BCUT2D eigenvalue weighted by Gasteiger charge is 2.17. The Morgan fingerprint density at radius 1 is 0.390 bits per heavy atom. The van der Waals surface area contributed by atoms with Crippen molar-refractivity contribution in [2.24, 2.45) is 24.1 Å². The van der Waals surface area contributed by atoms with Crippen LogP contribution in [0, 0.1) is 96.9 Å². The molecule has 3 aliphatic heterocycles. The van der Waals surface area contributed by atoms with Crippen LogP contribution in [0.2, 0.25) is 0 Å². The van der Waals surface area contributed by atoms with Crippen molar-refractivity contribution in [1.29, 1.82) is 0 Å². The van der Waals surface area contributed by atoms with Gasteiger partial charge in [0.05, 0.1) is 48.7 Å². The highest BCUT2D eigenvalue weighted by Crippen LogP contribution is 2.12. The molecule has 0 saturated carbocycles. The number of nitrogens with zero attached hydrogens (tertiary/aromatic N) is 23. The van der Waals surface area contributed by atoms with E-state index >= 15 is 0 Å². The highest BCUT2D eigenvalue weighted by atomic mass is 32.2. The Kier molecular flexibility index (Phi) is 76.2. The molecule has 0 bridgehead atoms. The summed E-state index contributed by atoms with van der Waals surface area (Å²) in [5.41, 5.74) is 16.7. The predicted molar refractivity (Wildman–Crippen MR) is 567 cm³/mol. The van der Waals surface area contributed by atoms with Crippen LogP contribution in [0.1, 0.15) is 135 Å². The zero-order chi connectivity index (χ0) is 96.7. The Balaban J connectivity index is -0.00000137. The number of thiazole rings is 1. The first-order valence-corrected chi connectivity index (χ1v) is 45.5. The lowest BCUT2D eigenvalue weighted by atomic mass is 10.1. The average molecular weight is 1900 g/mol. The average Bonchev–Trinajstić information content (AvgIpc) is 1.55. The van der Waals surface area contributed by atoms with Gasteiger partial charge in [-0.1, -0.05) is 126 Å². The minimum absolute atomic E-state index is 0. The molecule has 0 fully saturated rings. The van der Waals surface area contributed by atoms with Crippen molar-refractivity contribution in [3.63, 3.8) is 0 Å². The molecule has 16 aromatic heterocycles. The van der Waals surface area contributed by atoms with Gasteiger partial charge in [0, 0.05) is 185 Å². The van der Waals surface area contributed by atoms with Crippen LogP contribution in [-0.2, 0) is 24.1 Å². The van der Waals surface area contributed by atoms with E-state index in [1.54, 1.807) is 137 Å². The summed E-state index contributed by atoms with van der Waals surface area (Å²) in [6.07, 6.45) is 55.8. The third-order valence-corrected chi connectivity index (χ3v) is 18.5. The number of sulfonamides is 1. The maximum absolute atomic E-state index is 11.0. The number of pyridine rings is 5. The van der Waals surface area contributed by atoms with Gasteiger partial charge in [-0.3, -0.25) is 49.6 Å². The molecule has 0 atom stereocenters. The summed E-state index contributed by atoms with van der Waals surface area (Å²) >= 11 is 3.44. The number of benzene rings is 1. The third-order valence-electron chi connectivity index (χ3n) is 15.7. The van der Waals surface area contributed by atoms with E-state index in [-0.39, 0.29) is 29.7 Å². The monoisotopic (exact) mass is 1900 g/mol. The first-order valence-electron chi connectivity index (χ1n) is 41.9. The molecule has 1 aromatic carbocycles. The number of allylic oxidation sites excluding steroid dienone is 2. The lowest BCUT2D eigenvalue weighted by Crippen LogP contribution is -2.33. The van der Waals surface area contributed by atoms with Crippen molar-refractivity contribution >= 4 is 50.8 Å². The SMILES string of the molecule is C.C.C.C.CC1=CCN(S(C)(=O)=O)CC1.CC1=CCN=C1.CC1=CCN=C1.Cc1ccc2ncnn2c1.Cc1ccccc1.Cc1ccccn1.Cc1ccccn1.Cc1cccnc1.Cc1cccnc1.Cc1cccnn1.Cc1ccco1.Cc1cccs1.Cc1cnccn1.Cc1cncnc1.Cc1cnco1.Cc1cncs1.Cc1ncccn1.Cn1cccc1.Cn1cccn1. The summed E-state index contributed by atoms with van der Waals surface area (Å²) in [7, 11) is 0.928. The van der Waals surface area contributed by atoms with Gasteiger partial charge in [0.2, 0.25) is 10.0 Å². The number of aromatic nitrogens is 20. The summed E-state index contributed by atoms with van der Waals surface area (Å²) in [6, 6.07) is 53.2. The van der Waals surface area contributed by atoms with Crippen molar-refractivity contribution < 1.29 is 17.3 Å². The maximum Gasteiger partial charge on any atom is 0.211 e. The molecule has 0 N–H and O–H groups in total. The number of fused-ring (bicyclic) bond motifs is 1. The van der Waals surface area contributed by atoms with Gasteiger partial charge in [0.1, 0.15) is 30.0 Å². The summed E-state index contributed by atoms with van der Waals surface area (Å²) in [5, 5.41) is 17.3. The summed E-state index contributed by atoms with van der Waals surface area (Å²) in [5.74, 6) is 2.65. The van der Waals surface area contributed by atoms with Gasteiger partial charge < -0.3 is 13.4 Å². The van der Waals surface area contributed by atoms with Gasteiger partial charge in [-0.25, -0.2) is 42.8 Å². The molecule has 30 heteroatoms. The molecular formula is C106H145N23O4S3. The third kappa shape index (κ3) is 76.1. The van der Waals surface area contributed by atoms with E-state index < -0.39 is 10.0 Å². The predicted octanol–water partition coefficient (Wildman–Crippen LogP) is 24.4. The number of rotatable bonds is 1. The Morgan fingerprint density at radius 3 is 1.21 bits per heavy atom. The largest absolute Gasteiger partial charge is 0.470 e. The molecule has 0 unspecified atom stereocenters. The Bertz CT molecular complexity index is 4900. The summed E-state index contributed by atoms with van der Waals surface area (Å²) in [4.78, 5) is 60.8. The second-order valence-corrected chi connectivity index (χ2v) is 32.6. The Hall–Kier alpha value is -14.5. The standard InChI is InChI=1S/C7H7N3.C7H13NO2S.C7H8.4C6H7N.4C5H6N2.3C5H7N.C5H6O.C5H6S.C4H6N2.C4H5NO.C4H5NS.4CH4/c1-6-2-3-7-8-5-9-10(7)4-6;1-7-3-5-8(6-4-7)11(2,9)10;1-7-5-3-2-4-6-7;2*1-6-3-2-4-7-5-6;2*1-6-4-2-3-5-7-6;1-5-2-6-4-7-3-5;1-5-4-6-2-3-7-5;1-5-6-3-2-4-7-5;1-5-3-2-4-6-7-5;2*1-5-2-3-6-4-5;1-6-4-2-3-5-6;2*1-5-3-2-4-6-5;1-6-4-2-3-5-6;2*1-4-2-5-3-6-4;;;;/h2-5H,1H3;3H,4-6H2,1-2H3;2-6H,1H3;4*2-5H,1H3;4*2-4H,1H3;2*2,4H,3H2,1H3;2-5H,1H3;3*2-4H,1H3;2*2-3H,1H3;4*1H4. The van der Waals surface area contributed by atoms with Crippen molar-refractivity contribution in [2.45, 2.75) is 154 Å². The first kappa shape index (κ1) is 126. The molecule has 20 rings (SSSR count). The fourth-order valence-electron chi connectivity index (χ4n) is 8.74. The lowest BCUT2D eigenvalue weighted by Gasteiger charge is -2.22. The maximum atomic E-state index is 11.0. The molecule has 17 aromatic rings. The molecule has 27 nitrogen and oxygen atoms in total. The molecule has 0 saturated heterocycles. The Morgan fingerprint density at radius 2 is 0.956 bits per heavy atom. The molecule has 136 heavy (non-hydrogen) atoms. The number of oxazole rings is 1. The smallest absolute Gasteiger partial charge is 0.211 e. The Labute approximate surface area is 819 Å². The van der Waals surface area contributed by atoms with Crippen molar-refractivity contribution in [3.8, 4) is 0 Å². The van der Waals surface area contributed by atoms with Crippen molar-refractivity contribution in [1.82, 2.24) is 103 Å². The minimum Gasteiger partial charge on any atom is -0.470 e. The van der Waals surface area contributed by atoms with Gasteiger partial charge in [-0.15, -0.1) is 22.7 Å². The van der Waals surface area contributed by atoms with Gasteiger partial charge in [-0.05, 0) is 260 Å². The molecular weight excluding hydrogens is 1760 g/mol. The minimum atomic E-state index is -2.96. The van der Waals surface area contributed by atoms with Crippen LogP contribution >= 0.6 is 22.7 Å². The zero-order valence-corrected chi connectivity index (χ0v) is 82.2. The lowest BCUT2D eigenvalue weighted by molar-refractivity contribution is 0.436. The second kappa shape index (κ2) is 82.4. The van der Waals surface area contributed by atoms with Crippen molar-refractivity contribution in [2.75, 3.05) is 32.4 Å². The summed E-state index contributed by atoms with van der Waals surface area (Å²) in [6.45, 7) is 36.8. The van der Waals surface area contributed by atoms with Crippen LogP contribution in [0.3, 0.4) is 0 Å². The van der Waals surface area contributed by atoms with Crippen LogP contribution < -0.4 is 0 Å². The molecule has 3 aliphatic rings. The quantitative estimate of drug-likeness (QED) is 0.138. The molecule has 726 valence electrons. The molecule has 0 radical (unpaired) electrons. The van der Waals surface area contributed by atoms with Crippen LogP contribution in [-0.4, -0.2) is 157 Å². The van der Waals surface area contributed by atoms with Gasteiger partial charge in [0.15, 0.2) is 12.0 Å². The number of aliphatic imine (C=N–C) groups is 2. The molecule has 19 heterocycles. The zero-order valence-electron chi connectivity index (χ0n) is 79.7. The summed E-state index contributed by atoms with van der Waals surface area (Å²) < 4.78 is 38.5. The number of thiophene rings is 1. The highest BCUT2D eigenvalue weighted by molar-refractivity contribution is 7.88. The van der Waals surface area contributed by atoms with E-state index in [4.69, 9.17) is 8.83 Å². The number of aryl methyl sites for hydroxylation is 16. The number of hydrogen-bond donors (Lipinski definition) is 0. The fourth-order valence-corrected chi connectivity index (χ4v) is 10.4. The van der Waals surface area contributed by atoms with Gasteiger partial charge >= 0.3 is 0 Å². The normalized spacial score (nSPS) is 10.5. The topological polar surface area (TPSA) is 322 Å². The van der Waals surface area contributed by atoms with E-state index in [0.717, 1.165) is 70.8 Å². The van der Waals surface area contributed by atoms with Gasteiger partial charge in [0.25, 0.3) is 0 Å². The van der Waals surface area contributed by atoms with Crippen LogP contribution in [0.5, 0.6) is 0 Å². The van der Waals surface area contributed by atoms with E-state index in [0.29, 0.717) is 13.1 Å².